The van der Waals surface area contributed by atoms with Gasteiger partial charge in [-0.3, -0.25) is 0 Å². The molecule has 0 bridgehead atoms. The molecule has 2 N–H and O–H groups in total. The Morgan fingerprint density at radius 2 is 1.24 bits per heavy atom. The van der Waals surface area contributed by atoms with Crippen molar-refractivity contribution in [2.45, 2.75) is 12.8 Å². The molecule has 0 aliphatic heterocycles. The zero-order valence-electron chi connectivity index (χ0n) is 13.9. The smallest absolute Gasteiger partial charge is 0.135 e. The molecular formula is C20H21BrO4. The van der Waals surface area contributed by atoms with Crippen molar-refractivity contribution in [2.24, 2.45) is 0 Å². The minimum absolute atomic E-state index is 0.0991. The summed E-state index contributed by atoms with van der Waals surface area (Å²) in [6, 6.07) is 14.0. The van der Waals surface area contributed by atoms with Crippen molar-refractivity contribution >= 4 is 37.5 Å². The van der Waals surface area contributed by atoms with Gasteiger partial charge in [0.15, 0.2) is 0 Å². The minimum Gasteiger partial charge on any atom is -0.492 e. The minimum atomic E-state index is 0.0991. The summed E-state index contributed by atoms with van der Waals surface area (Å²) >= 11 is 3.53. The van der Waals surface area contributed by atoms with Gasteiger partial charge in [-0.15, -0.1) is 0 Å². The van der Waals surface area contributed by atoms with Gasteiger partial charge in [0, 0.05) is 52.1 Å². The molecular weight excluding hydrogens is 384 g/mol. The molecule has 132 valence electrons. The quantitative estimate of drug-likeness (QED) is 0.434. The molecule has 5 heteroatoms. The van der Waals surface area contributed by atoms with E-state index in [2.05, 4.69) is 15.9 Å². The van der Waals surface area contributed by atoms with Crippen molar-refractivity contribution in [3.63, 3.8) is 0 Å². The first kappa shape index (κ1) is 18.0. The number of hydrogen-bond acceptors (Lipinski definition) is 4. The maximum absolute atomic E-state index is 9.05. The molecule has 3 aromatic rings. The molecule has 0 radical (unpaired) electrons. The molecule has 0 aromatic heterocycles. The van der Waals surface area contributed by atoms with Crippen LogP contribution in [0.25, 0.3) is 21.5 Å². The molecule has 0 saturated carbocycles. The number of hydrogen-bond donors (Lipinski definition) is 2. The van der Waals surface area contributed by atoms with Crippen molar-refractivity contribution in [1.29, 1.82) is 0 Å². The van der Waals surface area contributed by atoms with E-state index in [9.17, 15) is 0 Å². The topological polar surface area (TPSA) is 58.9 Å². The van der Waals surface area contributed by atoms with Crippen LogP contribution in [0.2, 0.25) is 0 Å². The summed E-state index contributed by atoms with van der Waals surface area (Å²) in [6.07, 6.45) is 1.17. The van der Waals surface area contributed by atoms with Crippen LogP contribution in [0.5, 0.6) is 11.5 Å². The highest BCUT2D eigenvalue weighted by atomic mass is 79.9. The fraction of sp³-hybridized carbons (Fsp3) is 0.300. The van der Waals surface area contributed by atoms with E-state index >= 15 is 0 Å². The number of benzene rings is 3. The predicted molar refractivity (Wildman–Crippen MR) is 104 cm³/mol. The van der Waals surface area contributed by atoms with E-state index in [1.54, 1.807) is 0 Å². The summed E-state index contributed by atoms with van der Waals surface area (Å²) in [4.78, 5) is 0. The van der Waals surface area contributed by atoms with Gasteiger partial charge in [-0.05, 0) is 18.2 Å². The molecule has 0 amide bonds. The maximum atomic E-state index is 9.05. The SMILES string of the molecule is OCCCOc1c2ccccc2c(OCCCO)c2cc(Br)ccc12. The second kappa shape index (κ2) is 8.52. The second-order valence-electron chi connectivity index (χ2n) is 5.74. The molecule has 3 rings (SSSR count). The van der Waals surface area contributed by atoms with Crippen LogP contribution in [0.15, 0.2) is 46.9 Å². The lowest BCUT2D eigenvalue weighted by atomic mass is 10.0. The third-order valence-corrected chi connectivity index (χ3v) is 4.48. The molecule has 4 nitrogen and oxygen atoms in total. The van der Waals surface area contributed by atoms with E-state index in [4.69, 9.17) is 19.7 Å². The Morgan fingerprint density at radius 3 is 1.80 bits per heavy atom. The van der Waals surface area contributed by atoms with Crippen molar-refractivity contribution in [1.82, 2.24) is 0 Å². The molecule has 25 heavy (non-hydrogen) atoms. The zero-order valence-corrected chi connectivity index (χ0v) is 15.5. The van der Waals surface area contributed by atoms with Crippen LogP contribution in [0.3, 0.4) is 0 Å². The summed E-state index contributed by atoms with van der Waals surface area (Å²) in [6.45, 7) is 1.11. The Hall–Kier alpha value is -1.82. The molecule has 0 heterocycles. The Bertz CT molecular complexity index is 863. The van der Waals surface area contributed by atoms with Gasteiger partial charge in [0.2, 0.25) is 0 Å². The molecule has 0 aliphatic carbocycles. The summed E-state index contributed by atoms with van der Waals surface area (Å²) in [5.74, 6) is 1.61. The summed E-state index contributed by atoms with van der Waals surface area (Å²) in [5, 5.41) is 22.0. The van der Waals surface area contributed by atoms with Crippen molar-refractivity contribution in [3.8, 4) is 11.5 Å². The van der Waals surface area contributed by atoms with E-state index in [1.807, 2.05) is 42.5 Å². The van der Waals surface area contributed by atoms with Crippen molar-refractivity contribution < 1.29 is 19.7 Å². The van der Waals surface area contributed by atoms with Gasteiger partial charge >= 0.3 is 0 Å². The largest absolute Gasteiger partial charge is 0.492 e. The number of rotatable bonds is 8. The first-order valence-electron chi connectivity index (χ1n) is 8.37. The Labute approximate surface area is 155 Å². The number of ether oxygens (including phenoxy) is 2. The maximum Gasteiger partial charge on any atom is 0.135 e. The van der Waals surface area contributed by atoms with Gasteiger partial charge in [0.05, 0.1) is 13.2 Å². The third kappa shape index (κ3) is 3.89. The normalized spacial score (nSPS) is 11.2. The highest BCUT2D eigenvalue weighted by Crippen LogP contribution is 2.43. The zero-order chi connectivity index (χ0) is 17.6. The van der Waals surface area contributed by atoms with E-state index in [1.165, 1.54) is 0 Å². The molecule has 0 unspecified atom stereocenters. The van der Waals surface area contributed by atoms with Crippen LogP contribution in [-0.2, 0) is 0 Å². The molecule has 3 aromatic carbocycles. The van der Waals surface area contributed by atoms with Crippen LogP contribution in [0, 0.1) is 0 Å². The highest BCUT2D eigenvalue weighted by Gasteiger charge is 2.16. The number of aliphatic hydroxyl groups is 2. The van der Waals surface area contributed by atoms with E-state index in [-0.39, 0.29) is 13.2 Å². The van der Waals surface area contributed by atoms with Gasteiger partial charge in [-0.25, -0.2) is 0 Å². The average Bonchev–Trinajstić information content (AvgIpc) is 2.63. The Balaban J connectivity index is 2.21. The molecule has 0 saturated heterocycles. The van der Waals surface area contributed by atoms with E-state index < -0.39 is 0 Å². The van der Waals surface area contributed by atoms with Gasteiger partial charge < -0.3 is 19.7 Å². The number of halogens is 1. The monoisotopic (exact) mass is 404 g/mol. The third-order valence-electron chi connectivity index (χ3n) is 3.98. The average molecular weight is 405 g/mol. The van der Waals surface area contributed by atoms with Crippen molar-refractivity contribution in [3.05, 3.63) is 46.9 Å². The fourth-order valence-corrected chi connectivity index (χ4v) is 3.22. The van der Waals surface area contributed by atoms with Crippen LogP contribution in [0.1, 0.15) is 12.8 Å². The van der Waals surface area contributed by atoms with E-state index in [0.717, 1.165) is 37.5 Å². The molecule has 0 spiro atoms. The van der Waals surface area contributed by atoms with Gasteiger partial charge in [-0.2, -0.15) is 0 Å². The lowest BCUT2D eigenvalue weighted by molar-refractivity contribution is 0.234. The Morgan fingerprint density at radius 1 is 0.720 bits per heavy atom. The van der Waals surface area contributed by atoms with Crippen LogP contribution >= 0.6 is 15.9 Å². The van der Waals surface area contributed by atoms with Gasteiger partial charge in [0.25, 0.3) is 0 Å². The highest BCUT2D eigenvalue weighted by molar-refractivity contribution is 9.10. The van der Waals surface area contributed by atoms with Gasteiger partial charge in [-0.1, -0.05) is 40.2 Å². The summed E-state index contributed by atoms with van der Waals surface area (Å²) in [7, 11) is 0. The van der Waals surface area contributed by atoms with Crippen molar-refractivity contribution in [2.75, 3.05) is 26.4 Å². The first-order valence-corrected chi connectivity index (χ1v) is 9.17. The predicted octanol–water partition coefficient (Wildman–Crippen LogP) is 4.28. The number of aliphatic hydroxyl groups excluding tert-OH is 2. The molecule has 0 atom stereocenters. The van der Waals surface area contributed by atoms with E-state index in [0.29, 0.717) is 26.1 Å². The molecule has 0 aliphatic rings. The summed E-state index contributed by atoms with van der Waals surface area (Å²) in [5.41, 5.74) is 0. The first-order chi connectivity index (χ1) is 12.3. The standard InChI is InChI=1S/C20H21BrO4/c21-14-7-8-17-18(13-14)20(25-12-4-10-23)16-6-2-1-5-15(16)19(17)24-11-3-9-22/h1-2,5-8,13,22-23H,3-4,9-12H2. The fourth-order valence-electron chi connectivity index (χ4n) is 2.86. The number of fused-ring (bicyclic) bond motifs is 2. The van der Waals surface area contributed by atoms with Crippen LogP contribution in [0.4, 0.5) is 0 Å². The van der Waals surface area contributed by atoms with Gasteiger partial charge in [0.1, 0.15) is 11.5 Å². The second-order valence-corrected chi connectivity index (χ2v) is 6.66. The lowest BCUT2D eigenvalue weighted by Gasteiger charge is -2.18. The lowest BCUT2D eigenvalue weighted by Crippen LogP contribution is -2.04. The molecule has 0 fully saturated rings. The Kier molecular flexibility index (Phi) is 6.13. The van der Waals surface area contributed by atoms with Crippen LogP contribution in [-0.4, -0.2) is 36.6 Å². The summed E-state index contributed by atoms with van der Waals surface area (Å²) < 4.78 is 13.0. The van der Waals surface area contributed by atoms with Crippen LogP contribution < -0.4 is 9.47 Å².